The Morgan fingerprint density at radius 2 is 1.89 bits per heavy atom. The second-order valence-corrected chi connectivity index (χ2v) is 4.78. The fraction of sp³-hybridized carbons (Fsp3) is 0.533. The van der Waals surface area contributed by atoms with Gasteiger partial charge in [0.15, 0.2) is 0 Å². The number of rotatable bonds is 4. The molecule has 0 amide bonds. The molecular weight excluding hydrogens is 242 g/mol. The van der Waals surface area contributed by atoms with Crippen LogP contribution in [0.2, 0.25) is 0 Å². The Morgan fingerprint density at radius 3 is 2.42 bits per heavy atom. The second-order valence-electron chi connectivity index (χ2n) is 4.78. The number of esters is 1. The molecule has 104 valence electrons. The summed E-state index contributed by atoms with van der Waals surface area (Å²) in [6.07, 6.45) is 1.54. The third kappa shape index (κ3) is 2.73. The molecule has 0 saturated carbocycles. The molecular formula is C15H21NO3. The summed E-state index contributed by atoms with van der Waals surface area (Å²) in [5, 5.41) is 3.29. The Labute approximate surface area is 114 Å². The van der Waals surface area contributed by atoms with Crippen molar-refractivity contribution in [1.82, 2.24) is 5.32 Å². The quantitative estimate of drug-likeness (QED) is 0.843. The lowest BCUT2D eigenvalue weighted by Crippen LogP contribution is -2.46. The zero-order valence-corrected chi connectivity index (χ0v) is 11.6. The molecule has 0 radical (unpaired) electrons. The molecule has 0 bridgehead atoms. The lowest BCUT2D eigenvalue weighted by atomic mass is 9.73. The highest BCUT2D eigenvalue weighted by Crippen LogP contribution is 2.35. The average Bonchev–Trinajstić information content (AvgIpc) is 2.48. The normalized spacial score (nSPS) is 17.8. The number of piperidine rings is 1. The molecule has 0 unspecified atom stereocenters. The lowest BCUT2D eigenvalue weighted by Gasteiger charge is -2.35. The SMILES string of the molecule is CCOc1ccc(C2(C(=O)OC)CCNCC2)cc1. The lowest BCUT2D eigenvalue weighted by molar-refractivity contribution is -0.148. The van der Waals surface area contributed by atoms with E-state index in [9.17, 15) is 4.79 Å². The number of carbonyl (C=O) groups excluding carboxylic acids is 1. The first-order valence-electron chi connectivity index (χ1n) is 6.75. The van der Waals surface area contributed by atoms with E-state index in [-0.39, 0.29) is 5.97 Å². The third-order valence-corrected chi connectivity index (χ3v) is 3.75. The van der Waals surface area contributed by atoms with Crippen LogP contribution in [0.1, 0.15) is 25.3 Å². The number of nitrogens with one attached hydrogen (secondary N) is 1. The van der Waals surface area contributed by atoms with Crippen LogP contribution in [0.15, 0.2) is 24.3 Å². The van der Waals surface area contributed by atoms with Gasteiger partial charge in [0.05, 0.1) is 19.1 Å². The van der Waals surface area contributed by atoms with Gasteiger partial charge in [-0.2, -0.15) is 0 Å². The van der Waals surface area contributed by atoms with Crippen LogP contribution in [-0.4, -0.2) is 32.8 Å². The fourth-order valence-electron chi connectivity index (χ4n) is 2.70. The number of carbonyl (C=O) groups is 1. The third-order valence-electron chi connectivity index (χ3n) is 3.75. The molecule has 4 nitrogen and oxygen atoms in total. The molecule has 0 spiro atoms. The number of benzene rings is 1. The van der Waals surface area contributed by atoms with E-state index in [1.54, 1.807) is 0 Å². The van der Waals surface area contributed by atoms with Gasteiger partial charge in [0, 0.05) is 0 Å². The van der Waals surface area contributed by atoms with E-state index in [0.717, 1.165) is 37.2 Å². The largest absolute Gasteiger partial charge is 0.494 e. The molecule has 1 aromatic carbocycles. The van der Waals surface area contributed by atoms with Crippen LogP contribution in [0.4, 0.5) is 0 Å². The average molecular weight is 263 g/mol. The van der Waals surface area contributed by atoms with Crippen LogP contribution in [0.25, 0.3) is 0 Å². The van der Waals surface area contributed by atoms with E-state index in [1.165, 1.54) is 7.11 Å². The smallest absolute Gasteiger partial charge is 0.316 e. The summed E-state index contributed by atoms with van der Waals surface area (Å²) in [7, 11) is 1.46. The van der Waals surface area contributed by atoms with Crippen molar-refractivity contribution >= 4 is 5.97 Å². The van der Waals surface area contributed by atoms with Gasteiger partial charge in [-0.05, 0) is 50.6 Å². The first-order chi connectivity index (χ1) is 9.23. The molecule has 1 aromatic rings. The van der Waals surface area contributed by atoms with Gasteiger partial charge in [-0.3, -0.25) is 4.79 Å². The van der Waals surface area contributed by atoms with Crippen LogP contribution in [0.3, 0.4) is 0 Å². The van der Waals surface area contributed by atoms with Crippen molar-refractivity contribution in [3.05, 3.63) is 29.8 Å². The highest BCUT2D eigenvalue weighted by atomic mass is 16.5. The van der Waals surface area contributed by atoms with Crippen molar-refractivity contribution in [2.75, 3.05) is 26.8 Å². The summed E-state index contributed by atoms with van der Waals surface area (Å²) in [4.78, 5) is 12.2. The predicted molar refractivity (Wildman–Crippen MR) is 73.4 cm³/mol. The highest BCUT2D eigenvalue weighted by molar-refractivity contribution is 5.83. The van der Waals surface area contributed by atoms with E-state index in [1.807, 2.05) is 31.2 Å². The summed E-state index contributed by atoms with van der Waals surface area (Å²) < 4.78 is 10.5. The molecule has 1 fully saturated rings. The minimum Gasteiger partial charge on any atom is -0.494 e. The standard InChI is InChI=1S/C15H21NO3/c1-3-19-13-6-4-12(5-7-13)15(14(17)18-2)8-10-16-11-9-15/h4-7,16H,3,8-11H2,1-2H3. The Hall–Kier alpha value is -1.55. The molecule has 1 heterocycles. The van der Waals surface area contributed by atoms with Crippen molar-refractivity contribution in [1.29, 1.82) is 0 Å². The maximum absolute atomic E-state index is 12.2. The molecule has 0 aromatic heterocycles. The molecule has 19 heavy (non-hydrogen) atoms. The van der Waals surface area contributed by atoms with Gasteiger partial charge < -0.3 is 14.8 Å². The van der Waals surface area contributed by atoms with Crippen LogP contribution in [-0.2, 0) is 14.9 Å². The topological polar surface area (TPSA) is 47.6 Å². The van der Waals surface area contributed by atoms with Crippen molar-refractivity contribution in [2.45, 2.75) is 25.2 Å². The number of hydrogen-bond donors (Lipinski definition) is 1. The Kier molecular flexibility index (Phi) is 4.43. The number of hydrogen-bond acceptors (Lipinski definition) is 4. The summed E-state index contributed by atoms with van der Waals surface area (Å²) in [6.45, 7) is 4.27. The zero-order valence-electron chi connectivity index (χ0n) is 11.6. The second kappa shape index (κ2) is 6.06. The number of ether oxygens (including phenoxy) is 2. The molecule has 1 aliphatic heterocycles. The monoisotopic (exact) mass is 263 g/mol. The fourth-order valence-corrected chi connectivity index (χ4v) is 2.70. The van der Waals surface area contributed by atoms with Gasteiger partial charge in [-0.15, -0.1) is 0 Å². The van der Waals surface area contributed by atoms with Gasteiger partial charge in [-0.1, -0.05) is 12.1 Å². The molecule has 4 heteroatoms. The van der Waals surface area contributed by atoms with Crippen LogP contribution in [0, 0.1) is 0 Å². The number of methoxy groups -OCH3 is 1. The molecule has 1 saturated heterocycles. The summed E-state index contributed by atoms with van der Waals surface area (Å²) in [5.41, 5.74) is 0.509. The van der Waals surface area contributed by atoms with Crippen LogP contribution in [0.5, 0.6) is 5.75 Å². The maximum atomic E-state index is 12.2. The van der Waals surface area contributed by atoms with Crippen molar-refractivity contribution in [2.24, 2.45) is 0 Å². The zero-order chi connectivity index (χ0) is 13.7. The van der Waals surface area contributed by atoms with Crippen molar-refractivity contribution in [3.63, 3.8) is 0 Å². The molecule has 1 N–H and O–H groups in total. The molecule has 0 atom stereocenters. The molecule has 2 rings (SSSR count). The van der Waals surface area contributed by atoms with E-state index in [4.69, 9.17) is 9.47 Å². The van der Waals surface area contributed by atoms with Crippen LogP contribution >= 0.6 is 0 Å². The van der Waals surface area contributed by atoms with Crippen molar-refractivity contribution in [3.8, 4) is 5.75 Å². The Balaban J connectivity index is 2.29. The first kappa shape index (κ1) is 13.9. The van der Waals surface area contributed by atoms with E-state index >= 15 is 0 Å². The minimum atomic E-state index is -0.509. The van der Waals surface area contributed by atoms with E-state index in [2.05, 4.69) is 5.32 Å². The maximum Gasteiger partial charge on any atom is 0.316 e. The predicted octanol–water partition coefficient (Wildman–Crippen LogP) is 1.88. The van der Waals surface area contributed by atoms with Gasteiger partial charge in [0.25, 0.3) is 0 Å². The van der Waals surface area contributed by atoms with Gasteiger partial charge in [0.2, 0.25) is 0 Å². The molecule has 1 aliphatic rings. The van der Waals surface area contributed by atoms with E-state index < -0.39 is 5.41 Å². The summed E-state index contributed by atoms with van der Waals surface area (Å²) >= 11 is 0. The minimum absolute atomic E-state index is 0.141. The van der Waals surface area contributed by atoms with Crippen LogP contribution < -0.4 is 10.1 Å². The van der Waals surface area contributed by atoms with Crippen molar-refractivity contribution < 1.29 is 14.3 Å². The Morgan fingerprint density at radius 1 is 1.26 bits per heavy atom. The Bertz CT molecular complexity index is 422. The van der Waals surface area contributed by atoms with E-state index in [0.29, 0.717) is 6.61 Å². The first-order valence-corrected chi connectivity index (χ1v) is 6.75. The molecule has 0 aliphatic carbocycles. The summed E-state index contributed by atoms with van der Waals surface area (Å²) in [6, 6.07) is 7.80. The van der Waals surface area contributed by atoms with Gasteiger partial charge in [0.1, 0.15) is 5.75 Å². The van der Waals surface area contributed by atoms with Gasteiger partial charge >= 0.3 is 5.97 Å². The summed E-state index contributed by atoms with van der Waals surface area (Å²) in [5.74, 6) is 0.693. The highest BCUT2D eigenvalue weighted by Gasteiger charge is 2.42. The van der Waals surface area contributed by atoms with Gasteiger partial charge in [-0.25, -0.2) is 0 Å².